The highest BCUT2D eigenvalue weighted by atomic mass is 31.2. The van der Waals surface area contributed by atoms with Gasteiger partial charge in [0, 0.05) is 12.8 Å². The zero-order valence-corrected chi connectivity index (χ0v) is 47.5. The summed E-state index contributed by atoms with van der Waals surface area (Å²) < 4.78 is 34.4. The Labute approximate surface area is 442 Å². The number of ether oxygens (including phenoxy) is 2. The van der Waals surface area contributed by atoms with Crippen molar-refractivity contribution in [3.63, 3.8) is 0 Å². The topological polar surface area (TPSA) is 108 Å². The van der Waals surface area contributed by atoms with Crippen LogP contribution in [-0.4, -0.2) is 74.9 Å². The maximum absolute atomic E-state index is 12.7. The van der Waals surface area contributed by atoms with E-state index in [1.54, 1.807) is 0 Å². The predicted octanol–water partition coefficient (Wildman–Crippen LogP) is 17.8. The number of likely N-dealkylation sites (N-methyl/N-ethyl adjacent to an activating group) is 1. The zero-order chi connectivity index (χ0) is 52.7. The van der Waals surface area contributed by atoms with Crippen LogP contribution in [0.1, 0.15) is 219 Å². The molecule has 72 heavy (non-hydrogen) atoms. The number of rotatable bonds is 51. The second-order valence-electron chi connectivity index (χ2n) is 19.9. The van der Waals surface area contributed by atoms with Gasteiger partial charge in [-0.3, -0.25) is 18.6 Å². The van der Waals surface area contributed by atoms with Crippen molar-refractivity contribution in [3.8, 4) is 0 Å². The summed E-state index contributed by atoms with van der Waals surface area (Å²) in [6.07, 6.45) is 73.2. The molecule has 0 aromatic rings. The Morgan fingerprint density at radius 2 is 0.764 bits per heavy atom. The average molecular weight is 1030 g/mol. The van der Waals surface area contributed by atoms with Crippen LogP contribution in [0.2, 0.25) is 0 Å². The Kier molecular flexibility index (Phi) is 50.1. The molecule has 0 aliphatic carbocycles. The van der Waals surface area contributed by atoms with Crippen LogP contribution < -0.4 is 0 Å². The molecule has 0 radical (unpaired) electrons. The lowest BCUT2D eigenvalue weighted by molar-refractivity contribution is -0.870. The number of unbranched alkanes of at least 4 members (excludes halogenated alkanes) is 19. The lowest BCUT2D eigenvalue weighted by Gasteiger charge is -2.24. The van der Waals surface area contributed by atoms with Gasteiger partial charge in [0.05, 0.1) is 27.7 Å². The van der Waals surface area contributed by atoms with Crippen molar-refractivity contribution >= 4 is 19.8 Å². The number of quaternary nitrogens is 1. The molecule has 0 aromatic carbocycles. The lowest BCUT2D eigenvalue weighted by atomic mass is 10.0. The standard InChI is InChI=1S/C62H106NO8P/c1-6-8-10-12-14-16-18-20-22-24-25-26-27-28-29-30-31-32-33-34-35-36-37-39-40-42-44-46-48-50-52-54-61(64)68-58-60(59-70-72(66,67)69-57-56-63(3,4)5)71-62(65)55-53-51-49-47-45-43-41-38-23-21-19-17-15-13-11-9-7-2/h8-11,14-17,20-23,25-26,41,43,47,49,60H,6-7,12-13,18-19,24,27-40,42,44-46,48,50-59H2,1-5H3/p+1/b10-8-,11-9-,16-14-,17-15-,22-20-,23-21-,26-25-,43-41-,49-47-. The minimum absolute atomic E-state index is 0.0167. The molecule has 0 saturated carbocycles. The first-order valence-corrected chi connectivity index (χ1v) is 30.1. The molecule has 0 spiro atoms. The third-order valence-electron chi connectivity index (χ3n) is 11.8. The molecular weight excluding hydrogens is 918 g/mol. The van der Waals surface area contributed by atoms with Crippen LogP contribution in [0.4, 0.5) is 0 Å². The van der Waals surface area contributed by atoms with E-state index in [2.05, 4.69) is 117 Å². The summed E-state index contributed by atoms with van der Waals surface area (Å²) in [5.74, 6) is -0.868. The van der Waals surface area contributed by atoms with Crippen molar-refractivity contribution in [2.75, 3.05) is 47.5 Å². The van der Waals surface area contributed by atoms with Gasteiger partial charge in [-0.15, -0.1) is 0 Å². The first-order valence-electron chi connectivity index (χ1n) is 28.6. The SMILES string of the molecule is CC/C=C\C/C=C\C/C=C\C/C=C\C/C=C\CCCC(=O)OC(COC(=O)CCCCCCCCCCCCCCCCCCCC/C=C\C/C=C\C/C=C\C/C=C\CC)COP(=O)(O)OCC[N+](C)(C)C. The molecule has 0 aromatic heterocycles. The molecule has 0 bridgehead atoms. The summed E-state index contributed by atoms with van der Waals surface area (Å²) in [6.45, 7) is 4.14. The molecule has 0 aliphatic heterocycles. The molecule has 0 rings (SSSR count). The average Bonchev–Trinajstić information content (AvgIpc) is 3.34. The molecular formula is C62H107NO8P+. The molecule has 10 heteroatoms. The summed E-state index contributed by atoms with van der Waals surface area (Å²) >= 11 is 0. The highest BCUT2D eigenvalue weighted by Gasteiger charge is 2.27. The molecule has 2 atom stereocenters. The third kappa shape index (κ3) is 56.0. The maximum Gasteiger partial charge on any atom is 0.472 e. The fourth-order valence-electron chi connectivity index (χ4n) is 7.45. The van der Waals surface area contributed by atoms with E-state index in [-0.39, 0.29) is 32.0 Å². The molecule has 2 unspecified atom stereocenters. The van der Waals surface area contributed by atoms with Crippen LogP contribution in [0.15, 0.2) is 109 Å². The van der Waals surface area contributed by atoms with Gasteiger partial charge in [0.1, 0.15) is 19.8 Å². The van der Waals surface area contributed by atoms with Crippen LogP contribution in [-0.2, 0) is 32.7 Å². The Morgan fingerprint density at radius 3 is 1.15 bits per heavy atom. The minimum Gasteiger partial charge on any atom is -0.462 e. The minimum atomic E-state index is -4.40. The van der Waals surface area contributed by atoms with E-state index in [4.69, 9.17) is 18.5 Å². The summed E-state index contributed by atoms with van der Waals surface area (Å²) in [4.78, 5) is 35.6. The molecule has 0 heterocycles. The molecule has 412 valence electrons. The van der Waals surface area contributed by atoms with E-state index in [0.29, 0.717) is 23.9 Å². The highest BCUT2D eigenvalue weighted by molar-refractivity contribution is 7.47. The van der Waals surface area contributed by atoms with Crippen LogP contribution in [0.5, 0.6) is 0 Å². The predicted molar refractivity (Wildman–Crippen MR) is 307 cm³/mol. The summed E-state index contributed by atoms with van der Waals surface area (Å²) in [5.41, 5.74) is 0. The van der Waals surface area contributed by atoms with E-state index < -0.39 is 26.5 Å². The normalized spacial score (nSPS) is 14.1. The molecule has 9 nitrogen and oxygen atoms in total. The van der Waals surface area contributed by atoms with Crippen LogP contribution >= 0.6 is 7.82 Å². The van der Waals surface area contributed by atoms with Crippen molar-refractivity contribution in [1.29, 1.82) is 0 Å². The number of allylic oxidation sites excluding steroid dienone is 18. The van der Waals surface area contributed by atoms with Crippen molar-refractivity contribution in [2.45, 2.75) is 225 Å². The number of hydrogen-bond acceptors (Lipinski definition) is 7. The smallest absolute Gasteiger partial charge is 0.462 e. The largest absolute Gasteiger partial charge is 0.472 e. The maximum atomic E-state index is 12.7. The Bertz CT molecular complexity index is 1580. The van der Waals surface area contributed by atoms with Crippen LogP contribution in [0.3, 0.4) is 0 Å². The number of hydrogen-bond donors (Lipinski definition) is 1. The first kappa shape index (κ1) is 68.7. The van der Waals surface area contributed by atoms with Gasteiger partial charge in [-0.1, -0.05) is 226 Å². The van der Waals surface area contributed by atoms with Gasteiger partial charge in [-0.25, -0.2) is 4.57 Å². The third-order valence-corrected chi connectivity index (χ3v) is 12.8. The van der Waals surface area contributed by atoms with E-state index in [9.17, 15) is 19.0 Å². The Balaban J connectivity index is 4.13. The number of esters is 2. The van der Waals surface area contributed by atoms with Crippen LogP contribution in [0.25, 0.3) is 0 Å². The number of carbonyl (C=O) groups is 2. The zero-order valence-electron chi connectivity index (χ0n) is 46.6. The second kappa shape index (κ2) is 52.5. The molecule has 0 aliphatic rings. The summed E-state index contributed by atoms with van der Waals surface area (Å²) in [5, 5.41) is 0. The highest BCUT2D eigenvalue weighted by Crippen LogP contribution is 2.43. The molecule has 0 fully saturated rings. The van der Waals surface area contributed by atoms with Gasteiger partial charge < -0.3 is 18.9 Å². The van der Waals surface area contributed by atoms with Crippen molar-refractivity contribution in [2.24, 2.45) is 0 Å². The summed E-state index contributed by atoms with van der Waals surface area (Å²) in [6, 6.07) is 0. The second-order valence-corrected chi connectivity index (χ2v) is 21.4. The van der Waals surface area contributed by atoms with E-state index >= 15 is 0 Å². The van der Waals surface area contributed by atoms with E-state index in [1.165, 1.54) is 103 Å². The van der Waals surface area contributed by atoms with Crippen molar-refractivity contribution < 1.29 is 42.1 Å². The first-order chi connectivity index (χ1) is 35.0. The summed E-state index contributed by atoms with van der Waals surface area (Å²) in [7, 11) is 1.43. The molecule has 0 amide bonds. The number of phosphoric ester groups is 1. The lowest BCUT2D eigenvalue weighted by Crippen LogP contribution is -2.37. The number of carbonyl (C=O) groups excluding carboxylic acids is 2. The van der Waals surface area contributed by atoms with Crippen molar-refractivity contribution in [1.82, 2.24) is 0 Å². The molecule has 0 saturated heterocycles. The Hall–Kier alpha value is -3.33. The van der Waals surface area contributed by atoms with Gasteiger partial charge in [0.15, 0.2) is 6.10 Å². The van der Waals surface area contributed by atoms with E-state index in [0.717, 1.165) is 77.0 Å². The van der Waals surface area contributed by atoms with Gasteiger partial charge in [-0.2, -0.15) is 0 Å². The fourth-order valence-corrected chi connectivity index (χ4v) is 8.20. The number of phosphoric acid groups is 1. The van der Waals surface area contributed by atoms with Gasteiger partial charge >= 0.3 is 19.8 Å². The Morgan fingerprint density at radius 1 is 0.431 bits per heavy atom. The quantitative estimate of drug-likeness (QED) is 0.0211. The van der Waals surface area contributed by atoms with Crippen LogP contribution in [0, 0.1) is 0 Å². The molecule has 1 N–H and O–H groups in total. The van der Waals surface area contributed by atoms with Gasteiger partial charge in [-0.05, 0) is 89.9 Å². The number of nitrogens with zero attached hydrogens (tertiary/aromatic N) is 1. The van der Waals surface area contributed by atoms with Gasteiger partial charge in [0.2, 0.25) is 0 Å². The fraction of sp³-hybridized carbons (Fsp3) is 0.677. The van der Waals surface area contributed by atoms with E-state index in [1.807, 2.05) is 27.2 Å². The van der Waals surface area contributed by atoms with Crippen molar-refractivity contribution in [3.05, 3.63) is 109 Å². The van der Waals surface area contributed by atoms with Gasteiger partial charge in [0.25, 0.3) is 0 Å². The monoisotopic (exact) mass is 1020 g/mol.